The number of hydrogen-bond acceptors (Lipinski definition) is 4. The van der Waals surface area contributed by atoms with Crippen LogP contribution < -0.4 is 11.1 Å². The highest BCUT2D eigenvalue weighted by molar-refractivity contribution is 7.80. The number of nitrogens with two attached hydrogens (primary N) is 1. The van der Waals surface area contributed by atoms with Crippen LogP contribution in [0.4, 0.5) is 5.69 Å². The van der Waals surface area contributed by atoms with Crippen molar-refractivity contribution < 1.29 is 0 Å². The van der Waals surface area contributed by atoms with E-state index < -0.39 is 0 Å². The third kappa shape index (κ3) is 3.43. The number of aromatic nitrogens is 1. The summed E-state index contributed by atoms with van der Waals surface area (Å²) in [5.41, 5.74) is 8.37. The Morgan fingerprint density at radius 2 is 2.26 bits per heavy atom. The molecule has 19 heavy (non-hydrogen) atoms. The van der Waals surface area contributed by atoms with E-state index in [0.29, 0.717) is 10.0 Å². The molecule has 1 heterocycles. The van der Waals surface area contributed by atoms with Crippen molar-refractivity contribution >= 4 is 45.8 Å². The van der Waals surface area contributed by atoms with Crippen molar-refractivity contribution in [2.24, 2.45) is 5.73 Å². The quantitative estimate of drug-likeness (QED) is 0.841. The van der Waals surface area contributed by atoms with Gasteiger partial charge in [0.2, 0.25) is 0 Å². The second-order valence-corrected chi connectivity index (χ2v) is 6.01. The van der Waals surface area contributed by atoms with Crippen molar-refractivity contribution in [3.63, 3.8) is 0 Å². The zero-order valence-corrected chi connectivity index (χ0v) is 13.0. The third-order valence-corrected chi connectivity index (χ3v) is 4.23. The minimum atomic E-state index is 0.0743. The molecule has 0 bridgehead atoms. The predicted octanol–water partition coefficient (Wildman–Crippen LogP) is 3.91. The smallest absolute Gasteiger partial charge is 0.115 e. The second kappa shape index (κ2) is 5.86. The van der Waals surface area contributed by atoms with Crippen molar-refractivity contribution in [2.45, 2.75) is 19.9 Å². The van der Waals surface area contributed by atoms with Crippen molar-refractivity contribution in [1.29, 1.82) is 0 Å². The minimum absolute atomic E-state index is 0.0743. The van der Waals surface area contributed by atoms with Crippen LogP contribution in [0.1, 0.15) is 29.2 Å². The van der Waals surface area contributed by atoms with Crippen LogP contribution >= 0.6 is 35.2 Å². The molecule has 0 saturated carbocycles. The average Bonchev–Trinajstić information content (AvgIpc) is 2.75. The van der Waals surface area contributed by atoms with Crippen LogP contribution in [0.2, 0.25) is 5.02 Å². The number of nitrogens with zero attached hydrogens (tertiary/aromatic N) is 1. The zero-order valence-electron chi connectivity index (χ0n) is 10.6. The summed E-state index contributed by atoms with van der Waals surface area (Å²) in [4.78, 5) is 4.81. The van der Waals surface area contributed by atoms with Gasteiger partial charge in [0.1, 0.15) is 10.00 Å². The second-order valence-electron chi connectivity index (χ2n) is 4.25. The number of nitrogens with one attached hydrogen (secondary N) is 1. The molecule has 0 radical (unpaired) electrons. The van der Waals surface area contributed by atoms with E-state index in [-0.39, 0.29) is 6.04 Å². The molecule has 0 amide bonds. The van der Waals surface area contributed by atoms with Crippen LogP contribution in [0.5, 0.6) is 0 Å². The summed E-state index contributed by atoms with van der Waals surface area (Å²) < 4.78 is 0. The molecule has 0 saturated heterocycles. The van der Waals surface area contributed by atoms with Gasteiger partial charge >= 0.3 is 0 Å². The van der Waals surface area contributed by atoms with Gasteiger partial charge in [-0.15, -0.1) is 11.3 Å². The van der Waals surface area contributed by atoms with E-state index >= 15 is 0 Å². The van der Waals surface area contributed by atoms with Crippen LogP contribution in [-0.4, -0.2) is 9.97 Å². The van der Waals surface area contributed by atoms with Gasteiger partial charge in [-0.2, -0.15) is 0 Å². The molecule has 1 aromatic carbocycles. The molecule has 3 N–H and O–H groups in total. The number of hydrogen-bond donors (Lipinski definition) is 2. The number of anilines is 1. The Morgan fingerprint density at radius 1 is 1.53 bits per heavy atom. The fourth-order valence-corrected chi connectivity index (χ4v) is 2.87. The summed E-state index contributed by atoms with van der Waals surface area (Å²) in [7, 11) is 0. The SMILES string of the molecule is Cc1csc(C(C)Nc2cc(Cl)ccc2C(N)=S)n1. The zero-order chi connectivity index (χ0) is 14.0. The molecule has 100 valence electrons. The number of rotatable bonds is 4. The predicted molar refractivity (Wildman–Crippen MR) is 86.2 cm³/mol. The molecule has 1 unspecified atom stereocenters. The maximum absolute atomic E-state index is 6.02. The molecule has 0 fully saturated rings. The highest BCUT2D eigenvalue weighted by Gasteiger charge is 2.13. The maximum Gasteiger partial charge on any atom is 0.115 e. The molecule has 0 aliphatic carbocycles. The van der Waals surface area contributed by atoms with E-state index in [1.54, 1.807) is 17.4 Å². The Balaban J connectivity index is 2.27. The molecular formula is C13H14ClN3S2. The van der Waals surface area contributed by atoms with Crippen LogP contribution in [-0.2, 0) is 0 Å². The first-order valence-electron chi connectivity index (χ1n) is 5.75. The highest BCUT2D eigenvalue weighted by atomic mass is 35.5. The Bertz CT molecular complexity index is 610. The lowest BCUT2D eigenvalue weighted by atomic mass is 10.1. The Labute approximate surface area is 126 Å². The summed E-state index contributed by atoms with van der Waals surface area (Å²) in [6, 6.07) is 5.50. The third-order valence-electron chi connectivity index (χ3n) is 2.63. The number of benzene rings is 1. The Hall–Kier alpha value is -1.17. The first-order chi connectivity index (χ1) is 8.97. The lowest BCUT2D eigenvalue weighted by Gasteiger charge is -2.16. The number of halogens is 1. The molecule has 0 spiro atoms. The van der Waals surface area contributed by atoms with Gasteiger partial charge in [-0.3, -0.25) is 0 Å². The van der Waals surface area contributed by atoms with E-state index in [9.17, 15) is 0 Å². The van der Waals surface area contributed by atoms with E-state index in [4.69, 9.17) is 29.6 Å². The molecule has 0 aliphatic rings. The molecule has 1 atom stereocenters. The lowest BCUT2D eigenvalue weighted by Crippen LogP contribution is -2.15. The summed E-state index contributed by atoms with van der Waals surface area (Å²) in [5.74, 6) is 0. The van der Waals surface area contributed by atoms with Crippen LogP contribution in [0.15, 0.2) is 23.6 Å². The monoisotopic (exact) mass is 311 g/mol. The highest BCUT2D eigenvalue weighted by Crippen LogP contribution is 2.27. The Kier molecular flexibility index (Phi) is 4.39. The van der Waals surface area contributed by atoms with Gasteiger partial charge in [-0.25, -0.2) is 4.98 Å². The van der Waals surface area contributed by atoms with E-state index in [0.717, 1.165) is 22.0 Å². The molecule has 2 aromatic rings. The molecule has 2 rings (SSSR count). The van der Waals surface area contributed by atoms with Crippen molar-refractivity contribution in [3.05, 3.63) is 44.9 Å². The van der Waals surface area contributed by atoms with Gasteiger partial charge in [0.25, 0.3) is 0 Å². The van der Waals surface area contributed by atoms with Crippen molar-refractivity contribution in [1.82, 2.24) is 4.98 Å². The van der Waals surface area contributed by atoms with E-state index in [2.05, 4.69) is 10.3 Å². The first kappa shape index (κ1) is 14.2. The van der Waals surface area contributed by atoms with Crippen LogP contribution in [0, 0.1) is 6.92 Å². The van der Waals surface area contributed by atoms with Crippen molar-refractivity contribution in [3.8, 4) is 0 Å². The molecule has 0 aliphatic heterocycles. The van der Waals surface area contributed by atoms with E-state index in [1.165, 1.54) is 0 Å². The van der Waals surface area contributed by atoms with Crippen LogP contribution in [0.25, 0.3) is 0 Å². The normalized spacial score (nSPS) is 12.2. The van der Waals surface area contributed by atoms with Gasteiger partial charge in [-0.05, 0) is 32.0 Å². The first-order valence-corrected chi connectivity index (χ1v) is 7.42. The number of thiazole rings is 1. The topological polar surface area (TPSA) is 50.9 Å². The minimum Gasteiger partial charge on any atom is -0.389 e. The van der Waals surface area contributed by atoms with Gasteiger partial charge in [0.05, 0.1) is 6.04 Å². The summed E-state index contributed by atoms with van der Waals surface area (Å²) in [6.45, 7) is 4.02. The molecule has 1 aromatic heterocycles. The Morgan fingerprint density at radius 3 is 2.84 bits per heavy atom. The summed E-state index contributed by atoms with van der Waals surface area (Å²) in [5, 5.41) is 7.05. The fourth-order valence-electron chi connectivity index (χ4n) is 1.72. The van der Waals surface area contributed by atoms with Gasteiger partial charge in [0.15, 0.2) is 0 Å². The average molecular weight is 312 g/mol. The largest absolute Gasteiger partial charge is 0.389 e. The van der Waals surface area contributed by atoms with Crippen LogP contribution in [0.3, 0.4) is 0 Å². The summed E-state index contributed by atoms with van der Waals surface area (Å²) in [6.07, 6.45) is 0. The fraction of sp³-hybridized carbons (Fsp3) is 0.231. The molecule has 6 heteroatoms. The number of aryl methyl sites for hydroxylation is 1. The molecule has 3 nitrogen and oxygen atoms in total. The maximum atomic E-state index is 6.02. The van der Waals surface area contributed by atoms with Gasteiger partial charge < -0.3 is 11.1 Å². The van der Waals surface area contributed by atoms with Gasteiger partial charge in [-0.1, -0.05) is 23.8 Å². The lowest BCUT2D eigenvalue weighted by molar-refractivity contribution is 0.863. The molecular weight excluding hydrogens is 298 g/mol. The number of thiocarbonyl (C=S) groups is 1. The van der Waals surface area contributed by atoms with E-state index in [1.807, 2.05) is 31.4 Å². The summed E-state index contributed by atoms with van der Waals surface area (Å²) >= 11 is 12.7. The van der Waals surface area contributed by atoms with Gasteiger partial charge in [0, 0.05) is 27.3 Å². The van der Waals surface area contributed by atoms with Crippen molar-refractivity contribution in [2.75, 3.05) is 5.32 Å². The standard InChI is InChI=1S/C13H14ClN3S2/c1-7-6-19-13(16-7)8(2)17-11-5-9(14)3-4-10(11)12(15)18/h3-6,8,17H,1-2H3,(H2,15,18).